The maximum absolute atomic E-state index is 9.95. The molecule has 0 bridgehead atoms. The van der Waals surface area contributed by atoms with Crippen molar-refractivity contribution in [3.8, 4) is 5.75 Å². The summed E-state index contributed by atoms with van der Waals surface area (Å²) in [5, 5.41) is 9.95. The molecule has 0 aromatic heterocycles. The third-order valence-corrected chi connectivity index (χ3v) is 2.91. The van der Waals surface area contributed by atoms with Crippen molar-refractivity contribution in [2.45, 2.75) is 26.0 Å². The van der Waals surface area contributed by atoms with Crippen molar-refractivity contribution in [2.75, 3.05) is 7.11 Å². The molecular formula is C11H16BrNO2. The van der Waals surface area contributed by atoms with Gasteiger partial charge in [0, 0.05) is 16.1 Å². The molecule has 1 aromatic rings. The van der Waals surface area contributed by atoms with Gasteiger partial charge in [-0.05, 0) is 31.5 Å². The number of aryl methyl sites for hydroxylation is 1. The van der Waals surface area contributed by atoms with Gasteiger partial charge in [-0.3, -0.25) is 0 Å². The molecule has 15 heavy (non-hydrogen) atoms. The third kappa shape index (κ3) is 2.71. The van der Waals surface area contributed by atoms with Crippen molar-refractivity contribution < 1.29 is 9.84 Å². The Morgan fingerprint density at radius 2 is 2.07 bits per heavy atom. The standard InChI is InChI=1S/C11H16BrNO2/c1-6-4-8(12)10(9(5-6)15-3)11(14)7(2)13/h4-5,7,11,14H,13H2,1-3H3. The topological polar surface area (TPSA) is 55.5 Å². The van der Waals surface area contributed by atoms with E-state index < -0.39 is 6.10 Å². The van der Waals surface area contributed by atoms with Gasteiger partial charge in [-0.15, -0.1) is 0 Å². The lowest BCUT2D eigenvalue weighted by molar-refractivity contribution is 0.149. The van der Waals surface area contributed by atoms with Crippen LogP contribution in [0.3, 0.4) is 0 Å². The van der Waals surface area contributed by atoms with E-state index in [1.54, 1.807) is 14.0 Å². The first-order valence-corrected chi connectivity index (χ1v) is 5.54. The largest absolute Gasteiger partial charge is 0.496 e. The number of benzene rings is 1. The van der Waals surface area contributed by atoms with Crippen LogP contribution in [0.15, 0.2) is 16.6 Å². The van der Waals surface area contributed by atoms with Crippen LogP contribution in [0.2, 0.25) is 0 Å². The Bertz CT molecular complexity index is 353. The molecule has 3 nitrogen and oxygen atoms in total. The average Bonchev–Trinajstić information content (AvgIpc) is 2.15. The van der Waals surface area contributed by atoms with E-state index in [2.05, 4.69) is 15.9 Å². The summed E-state index contributed by atoms with van der Waals surface area (Å²) >= 11 is 3.41. The summed E-state index contributed by atoms with van der Waals surface area (Å²) in [5.74, 6) is 0.659. The number of hydrogen-bond donors (Lipinski definition) is 2. The molecule has 0 fully saturated rings. The van der Waals surface area contributed by atoms with Gasteiger partial charge in [0.2, 0.25) is 0 Å². The van der Waals surface area contributed by atoms with E-state index >= 15 is 0 Å². The third-order valence-electron chi connectivity index (χ3n) is 2.25. The lowest BCUT2D eigenvalue weighted by atomic mass is 10.0. The molecule has 2 unspecified atom stereocenters. The van der Waals surface area contributed by atoms with E-state index in [0.29, 0.717) is 11.3 Å². The minimum absolute atomic E-state index is 0.335. The molecule has 0 aliphatic rings. The van der Waals surface area contributed by atoms with E-state index in [1.165, 1.54) is 0 Å². The van der Waals surface area contributed by atoms with Crippen molar-refractivity contribution in [3.63, 3.8) is 0 Å². The zero-order valence-corrected chi connectivity index (χ0v) is 10.7. The Hall–Kier alpha value is -0.580. The number of aliphatic hydroxyl groups excluding tert-OH is 1. The highest BCUT2D eigenvalue weighted by molar-refractivity contribution is 9.10. The summed E-state index contributed by atoms with van der Waals surface area (Å²) in [6, 6.07) is 3.48. The molecule has 1 aromatic carbocycles. The summed E-state index contributed by atoms with van der Waals surface area (Å²) in [5.41, 5.74) is 7.45. The summed E-state index contributed by atoms with van der Waals surface area (Å²) in [6.45, 7) is 3.73. The van der Waals surface area contributed by atoms with Crippen LogP contribution < -0.4 is 10.5 Å². The first-order chi connectivity index (χ1) is 6.97. The van der Waals surface area contributed by atoms with Crippen LogP contribution in [-0.4, -0.2) is 18.3 Å². The predicted molar refractivity (Wildman–Crippen MR) is 64.0 cm³/mol. The first kappa shape index (κ1) is 12.5. The number of ether oxygens (including phenoxy) is 1. The van der Waals surface area contributed by atoms with E-state index in [9.17, 15) is 5.11 Å². The number of rotatable bonds is 3. The summed E-state index contributed by atoms with van der Waals surface area (Å²) in [4.78, 5) is 0. The number of nitrogens with two attached hydrogens (primary N) is 1. The second kappa shape index (κ2) is 4.96. The van der Waals surface area contributed by atoms with Crippen molar-refractivity contribution in [2.24, 2.45) is 5.73 Å². The molecule has 1 rings (SSSR count). The number of methoxy groups -OCH3 is 1. The minimum atomic E-state index is -0.727. The lowest BCUT2D eigenvalue weighted by Gasteiger charge is -2.20. The number of hydrogen-bond acceptors (Lipinski definition) is 3. The second-order valence-electron chi connectivity index (χ2n) is 3.67. The zero-order chi connectivity index (χ0) is 11.6. The van der Waals surface area contributed by atoms with Crippen LogP contribution in [0.25, 0.3) is 0 Å². The maximum Gasteiger partial charge on any atom is 0.126 e. The monoisotopic (exact) mass is 273 g/mol. The van der Waals surface area contributed by atoms with Gasteiger partial charge in [-0.1, -0.05) is 15.9 Å². The summed E-state index contributed by atoms with van der Waals surface area (Å²) in [7, 11) is 1.58. The quantitative estimate of drug-likeness (QED) is 0.888. The Morgan fingerprint density at radius 3 is 2.53 bits per heavy atom. The van der Waals surface area contributed by atoms with Gasteiger partial charge in [0.25, 0.3) is 0 Å². The average molecular weight is 274 g/mol. The van der Waals surface area contributed by atoms with E-state index in [1.807, 2.05) is 19.1 Å². The lowest BCUT2D eigenvalue weighted by Crippen LogP contribution is -2.25. The molecule has 0 saturated heterocycles. The Labute approximate surface area is 98.4 Å². The molecule has 0 aliphatic heterocycles. The van der Waals surface area contributed by atoms with Crippen molar-refractivity contribution >= 4 is 15.9 Å². The number of halogens is 1. The molecule has 0 radical (unpaired) electrons. The van der Waals surface area contributed by atoms with E-state index in [4.69, 9.17) is 10.5 Å². The normalized spacial score (nSPS) is 14.8. The Kier molecular flexibility index (Phi) is 4.13. The van der Waals surface area contributed by atoms with E-state index in [0.717, 1.165) is 10.0 Å². The summed E-state index contributed by atoms with van der Waals surface area (Å²) < 4.78 is 6.06. The molecule has 84 valence electrons. The van der Waals surface area contributed by atoms with E-state index in [-0.39, 0.29) is 6.04 Å². The van der Waals surface area contributed by atoms with Crippen LogP contribution in [0.1, 0.15) is 24.2 Å². The molecule has 0 spiro atoms. The maximum atomic E-state index is 9.95. The van der Waals surface area contributed by atoms with Gasteiger partial charge in [0.15, 0.2) is 0 Å². The van der Waals surface area contributed by atoms with Gasteiger partial charge in [0.1, 0.15) is 5.75 Å². The van der Waals surface area contributed by atoms with Crippen LogP contribution in [0.4, 0.5) is 0 Å². The first-order valence-electron chi connectivity index (χ1n) is 4.75. The molecule has 4 heteroatoms. The minimum Gasteiger partial charge on any atom is -0.496 e. The summed E-state index contributed by atoms with van der Waals surface area (Å²) in [6.07, 6.45) is -0.727. The Morgan fingerprint density at radius 1 is 1.47 bits per heavy atom. The highest BCUT2D eigenvalue weighted by Crippen LogP contribution is 2.34. The highest BCUT2D eigenvalue weighted by atomic mass is 79.9. The van der Waals surface area contributed by atoms with Crippen LogP contribution in [0, 0.1) is 6.92 Å². The smallest absolute Gasteiger partial charge is 0.126 e. The van der Waals surface area contributed by atoms with Gasteiger partial charge in [-0.2, -0.15) is 0 Å². The second-order valence-corrected chi connectivity index (χ2v) is 4.52. The van der Waals surface area contributed by atoms with Crippen molar-refractivity contribution in [1.29, 1.82) is 0 Å². The fraction of sp³-hybridized carbons (Fsp3) is 0.455. The SMILES string of the molecule is COc1cc(C)cc(Br)c1C(O)C(C)N. The fourth-order valence-corrected chi connectivity index (χ4v) is 2.23. The molecule has 0 saturated carbocycles. The van der Waals surface area contributed by atoms with Crippen molar-refractivity contribution in [3.05, 3.63) is 27.7 Å². The van der Waals surface area contributed by atoms with Gasteiger partial charge >= 0.3 is 0 Å². The molecular weight excluding hydrogens is 258 g/mol. The molecule has 0 heterocycles. The molecule has 2 atom stereocenters. The molecule has 0 aliphatic carbocycles. The highest BCUT2D eigenvalue weighted by Gasteiger charge is 2.20. The number of aliphatic hydroxyl groups is 1. The predicted octanol–water partition coefficient (Wildman–Crippen LogP) is 2.15. The van der Waals surface area contributed by atoms with Crippen LogP contribution in [0.5, 0.6) is 5.75 Å². The van der Waals surface area contributed by atoms with Gasteiger partial charge < -0.3 is 15.6 Å². The molecule has 0 amide bonds. The Balaban J connectivity index is 3.26. The van der Waals surface area contributed by atoms with Crippen LogP contribution >= 0.6 is 15.9 Å². The zero-order valence-electron chi connectivity index (χ0n) is 9.12. The van der Waals surface area contributed by atoms with Gasteiger partial charge in [0.05, 0.1) is 13.2 Å². The van der Waals surface area contributed by atoms with Crippen LogP contribution in [-0.2, 0) is 0 Å². The molecule has 3 N–H and O–H groups in total. The fourth-order valence-electron chi connectivity index (χ4n) is 1.44. The van der Waals surface area contributed by atoms with Gasteiger partial charge in [-0.25, -0.2) is 0 Å². The van der Waals surface area contributed by atoms with Crippen molar-refractivity contribution in [1.82, 2.24) is 0 Å².